The minimum Gasteiger partial charge on any atom is -0.497 e. The molecule has 0 bridgehead atoms. The standard InChI is InChI=1S/C23H18N2O5/c1-29-16-11-10-15(20(13-16)30-2)12-18-21(26)24-23(28)25(22(18)27)19-9-5-7-14-6-3-4-8-17(14)19/h3-13H,1-2H3,(H,24,26,28). The Morgan fingerprint density at radius 3 is 2.43 bits per heavy atom. The average molecular weight is 402 g/mol. The predicted octanol–water partition coefficient (Wildman–Crippen LogP) is 3.52. The minimum atomic E-state index is -0.791. The zero-order valence-corrected chi connectivity index (χ0v) is 16.3. The maximum absolute atomic E-state index is 13.2. The molecule has 0 aromatic heterocycles. The Morgan fingerprint density at radius 2 is 1.67 bits per heavy atom. The van der Waals surface area contributed by atoms with Crippen molar-refractivity contribution >= 4 is 40.4 Å². The summed E-state index contributed by atoms with van der Waals surface area (Å²) in [7, 11) is 3.00. The van der Waals surface area contributed by atoms with Crippen molar-refractivity contribution in [3.63, 3.8) is 0 Å². The van der Waals surface area contributed by atoms with Crippen molar-refractivity contribution in [1.29, 1.82) is 0 Å². The first kappa shape index (κ1) is 19.2. The molecule has 4 amide bonds. The topological polar surface area (TPSA) is 84.9 Å². The number of amides is 4. The number of fused-ring (bicyclic) bond motifs is 1. The summed E-state index contributed by atoms with van der Waals surface area (Å²) in [5.74, 6) is -0.477. The number of carbonyl (C=O) groups is 3. The number of ether oxygens (including phenoxy) is 2. The Balaban J connectivity index is 1.81. The minimum absolute atomic E-state index is 0.175. The van der Waals surface area contributed by atoms with E-state index in [1.165, 1.54) is 20.3 Å². The molecular weight excluding hydrogens is 384 g/mol. The zero-order chi connectivity index (χ0) is 21.3. The first-order valence-corrected chi connectivity index (χ1v) is 9.14. The third-order valence-electron chi connectivity index (χ3n) is 4.85. The summed E-state index contributed by atoms with van der Waals surface area (Å²) in [6, 6.07) is 16.9. The lowest BCUT2D eigenvalue weighted by Gasteiger charge is -2.27. The zero-order valence-electron chi connectivity index (χ0n) is 16.3. The summed E-state index contributed by atoms with van der Waals surface area (Å²) in [4.78, 5) is 39.2. The van der Waals surface area contributed by atoms with Gasteiger partial charge in [-0.3, -0.25) is 14.9 Å². The van der Waals surface area contributed by atoms with Crippen LogP contribution in [0, 0.1) is 0 Å². The maximum atomic E-state index is 13.2. The number of imide groups is 2. The van der Waals surface area contributed by atoms with Crippen molar-refractivity contribution < 1.29 is 23.9 Å². The maximum Gasteiger partial charge on any atom is 0.335 e. The van der Waals surface area contributed by atoms with Gasteiger partial charge in [-0.15, -0.1) is 0 Å². The van der Waals surface area contributed by atoms with Gasteiger partial charge in [0.15, 0.2) is 0 Å². The lowest BCUT2D eigenvalue weighted by molar-refractivity contribution is -0.122. The summed E-state index contributed by atoms with van der Waals surface area (Å²) in [5, 5.41) is 3.84. The molecule has 0 saturated carbocycles. The molecule has 0 radical (unpaired) electrons. The molecule has 30 heavy (non-hydrogen) atoms. The number of rotatable bonds is 4. The van der Waals surface area contributed by atoms with Crippen LogP contribution in [0.4, 0.5) is 10.5 Å². The molecule has 4 rings (SSSR count). The van der Waals surface area contributed by atoms with Gasteiger partial charge in [-0.1, -0.05) is 36.4 Å². The molecule has 1 aliphatic heterocycles. The molecule has 3 aromatic rings. The number of anilines is 1. The Morgan fingerprint density at radius 1 is 0.900 bits per heavy atom. The van der Waals surface area contributed by atoms with Crippen LogP contribution in [0.15, 0.2) is 66.2 Å². The van der Waals surface area contributed by atoms with Gasteiger partial charge in [-0.25, -0.2) is 9.69 Å². The van der Waals surface area contributed by atoms with Crippen LogP contribution in [0.25, 0.3) is 16.8 Å². The number of urea groups is 1. The molecule has 1 aliphatic rings. The summed E-state index contributed by atoms with van der Waals surface area (Å²) < 4.78 is 10.5. The second-order valence-corrected chi connectivity index (χ2v) is 6.56. The second kappa shape index (κ2) is 7.71. The third-order valence-corrected chi connectivity index (χ3v) is 4.85. The molecule has 7 heteroatoms. The van der Waals surface area contributed by atoms with Crippen LogP contribution in [0.1, 0.15) is 5.56 Å². The van der Waals surface area contributed by atoms with E-state index in [-0.39, 0.29) is 5.57 Å². The Labute approximate surface area is 172 Å². The Bertz CT molecular complexity index is 1210. The van der Waals surface area contributed by atoms with Crippen LogP contribution >= 0.6 is 0 Å². The van der Waals surface area contributed by atoms with E-state index in [2.05, 4.69) is 5.32 Å². The molecule has 0 atom stereocenters. The van der Waals surface area contributed by atoms with Crippen molar-refractivity contribution in [2.75, 3.05) is 19.1 Å². The third kappa shape index (κ3) is 3.26. The van der Waals surface area contributed by atoms with Gasteiger partial charge in [-0.2, -0.15) is 0 Å². The molecule has 0 unspecified atom stereocenters. The van der Waals surface area contributed by atoms with Crippen molar-refractivity contribution in [3.05, 3.63) is 71.8 Å². The van der Waals surface area contributed by atoms with Gasteiger partial charge in [0.25, 0.3) is 11.8 Å². The molecule has 1 N–H and O–H groups in total. The van der Waals surface area contributed by atoms with Crippen LogP contribution in [0.5, 0.6) is 11.5 Å². The molecule has 0 spiro atoms. The molecule has 1 heterocycles. The summed E-state index contributed by atoms with van der Waals surface area (Å²) in [6.45, 7) is 0. The molecular formula is C23H18N2O5. The van der Waals surface area contributed by atoms with Gasteiger partial charge in [0.1, 0.15) is 17.1 Å². The Hall–Kier alpha value is -4.13. The van der Waals surface area contributed by atoms with Crippen LogP contribution in [-0.4, -0.2) is 32.1 Å². The normalized spacial score (nSPS) is 15.5. The van der Waals surface area contributed by atoms with Crippen LogP contribution in [0.2, 0.25) is 0 Å². The SMILES string of the molecule is COc1ccc(C=C2C(=O)NC(=O)N(c3cccc4ccccc34)C2=O)c(OC)c1. The highest BCUT2D eigenvalue weighted by Crippen LogP contribution is 2.31. The monoisotopic (exact) mass is 402 g/mol. The largest absolute Gasteiger partial charge is 0.497 e. The number of nitrogens with one attached hydrogen (secondary N) is 1. The fourth-order valence-corrected chi connectivity index (χ4v) is 3.37. The number of hydrogen-bond acceptors (Lipinski definition) is 5. The number of benzene rings is 3. The summed E-state index contributed by atoms with van der Waals surface area (Å²) >= 11 is 0. The number of barbiturate groups is 1. The second-order valence-electron chi connectivity index (χ2n) is 6.56. The van der Waals surface area contributed by atoms with E-state index in [0.29, 0.717) is 22.7 Å². The van der Waals surface area contributed by atoms with E-state index in [1.807, 2.05) is 30.3 Å². The predicted molar refractivity (Wildman–Crippen MR) is 112 cm³/mol. The van der Waals surface area contributed by atoms with E-state index in [4.69, 9.17) is 9.47 Å². The van der Waals surface area contributed by atoms with Crippen molar-refractivity contribution in [2.24, 2.45) is 0 Å². The van der Waals surface area contributed by atoms with Crippen molar-refractivity contribution in [1.82, 2.24) is 5.32 Å². The smallest absolute Gasteiger partial charge is 0.335 e. The Kier molecular flexibility index (Phi) is 4.93. The average Bonchev–Trinajstić information content (AvgIpc) is 2.76. The van der Waals surface area contributed by atoms with Crippen molar-refractivity contribution in [3.8, 4) is 11.5 Å². The van der Waals surface area contributed by atoms with Gasteiger partial charge in [-0.05, 0) is 29.7 Å². The number of hydrogen-bond donors (Lipinski definition) is 1. The summed E-state index contributed by atoms with van der Waals surface area (Å²) in [5.41, 5.74) is 0.728. The van der Waals surface area contributed by atoms with E-state index >= 15 is 0 Å². The number of nitrogens with zero attached hydrogens (tertiary/aromatic N) is 1. The van der Waals surface area contributed by atoms with E-state index in [9.17, 15) is 14.4 Å². The van der Waals surface area contributed by atoms with E-state index in [0.717, 1.165) is 15.7 Å². The molecule has 3 aromatic carbocycles. The molecule has 7 nitrogen and oxygen atoms in total. The lowest BCUT2D eigenvalue weighted by atomic mass is 10.0. The van der Waals surface area contributed by atoms with Gasteiger partial charge < -0.3 is 9.47 Å². The van der Waals surface area contributed by atoms with Crippen molar-refractivity contribution in [2.45, 2.75) is 0 Å². The van der Waals surface area contributed by atoms with Gasteiger partial charge in [0, 0.05) is 17.0 Å². The number of methoxy groups -OCH3 is 2. The van der Waals surface area contributed by atoms with Crippen LogP contribution in [0.3, 0.4) is 0 Å². The highest BCUT2D eigenvalue weighted by atomic mass is 16.5. The first-order chi connectivity index (χ1) is 14.5. The molecule has 0 aliphatic carbocycles. The molecule has 150 valence electrons. The molecule has 1 fully saturated rings. The van der Waals surface area contributed by atoms with Crippen LogP contribution < -0.4 is 19.7 Å². The highest BCUT2D eigenvalue weighted by Gasteiger charge is 2.37. The number of carbonyl (C=O) groups excluding carboxylic acids is 3. The fourth-order valence-electron chi connectivity index (χ4n) is 3.37. The van der Waals surface area contributed by atoms with Gasteiger partial charge in [0.05, 0.1) is 19.9 Å². The van der Waals surface area contributed by atoms with Gasteiger partial charge >= 0.3 is 6.03 Å². The molecule has 1 saturated heterocycles. The first-order valence-electron chi connectivity index (χ1n) is 9.14. The van der Waals surface area contributed by atoms with Gasteiger partial charge in [0.2, 0.25) is 0 Å². The summed E-state index contributed by atoms with van der Waals surface area (Å²) in [6.07, 6.45) is 1.40. The fraction of sp³-hybridized carbons (Fsp3) is 0.0870. The highest BCUT2D eigenvalue weighted by molar-refractivity contribution is 6.40. The van der Waals surface area contributed by atoms with E-state index < -0.39 is 17.8 Å². The lowest BCUT2D eigenvalue weighted by Crippen LogP contribution is -2.54. The van der Waals surface area contributed by atoms with E-state index in [1.54, 1.807) is 30.3 Å². The van der Waals surface area contributed by atoms with Crippen LogP contribution in [-0.2, 0) is 9.59 Å². The quantitative estimate of drug-likeness (QED) is 0.533.